The van der Waals surface area contributed by atoms with Gasteiger partial charge in [-0.1, -0.05) is 28.1 Å². The van der Waals surface area contributed by atoms with Gasteiger partial charge in [0.2, 0.25) is 0 Å². The maximum atomic E-state index is 5.70. The number of hydrazone groups is 1. The summed E-state index contributed by atoms with van der Waals surface area (Å²) in [6.07, 6.45) is 1.55. The number of nitrogens with two attached hydrogens (primary N) is 1. The number of hydrogen-bond donors (Lipinski definition) is 2. The first-order chi connectivity index (χ1) is 10.6. The predicted molar refractivity (Wildman–Crippen MR) is 88.0 cm³/mol. The molecule has 0 radical (unpaired) electrons. The Hall–Kier alpha value is -2.32. The second-order valence-electron chi connectivity index (χ2n) is 4.52. The fraction of sp³-hybridized carbons (Fsp3) is 0.0714. The molecular formula is C14H13BrClN6O-. The van der Waals surface area contributed by atoms with Gasteiger partial charge in [0.05, 0.1) is 6.21 Å². The summed E-state index contributed by atoms with van der Waals surface area (Å²) in [6.45, 7) is 1.75. The number of nitrogen functional groups attached to an aromatic ring is 1. The molecule has 2 heterocycles. The quantitative estimate of drug-likeness (QED) is 0.361. The lowest BCUT2D eigenvalue weighted by Crippen LogP contribution is -3.00. The summed E-state index contributed by atoms with van der Waals surface area (Å²) in [6, 6.07) is 11.6. The Morgan fingerprint density at radius 1 is 1.22 bits per heavy atom. The second-order valence-corrected chi connectivity index (χ2v) is 5.44. The Morgan fingerprint density at radius 3 is 2.61 bits per heavy atom. The van der Waals surface area contributed by atoms with Gasteiger partial charge >= 0.3 is 0 Å². The summed E-state index contributed by atoms with van der Waals surface area (Å²) in [4.78, 5) is 0. The van der Waals surface area contributed by atoms with Crippen molar-refractivity contribution in [2.45, 2.75) is 6.92 Å². The Labute approximate surface area is 147 Å². The van der Waals surface area contributed by atoms with Gasteiger partial charge in [0.25, 0.3) is 5.95 Å². The molecule has 0 aliphatic carbocycles. The van der Waals surface area contributed by atoms with Crippen LogP contribution in [0.1, 0.15) is 11.6 Å². The second kappa shape index (κ2) is 7.30. The maximum absolute atomic E-state index is 5.70. The Morgan fingerprint density at radius 2 is 1.96 bits per heavy atom. The summed E-state index contributed by atoms with van der Waals surface area (Å²) in [5, 5.41) is 11.7. The SMILES string of the molecule is Cc1nnc(NN=Cc2ccc(-c3ccc(Br)cc3)o2)n1N.[Cl-]. The zero-order chi connectivity index (χ0) is 15.5. The van der Waals surface area contributed by atoms with E-state index in [9.17, 15) is 0 Å². The van der Waals surface area contributed by atoms with Crippen LogP contribution in [0.15, 0.2) is 50.4 Å². The fourth-order valence-electron chi connectivity index (χ4n) is 1.79. The number of furan rings is 1. The first-order valence-corrected chi connectivity index (χ1v) is 7.25. The molecule has 23 heavy (non-hydrogen) atoms. The molecule has 7 nitrogen and oxygen atoms in total. The highest BCUT2D eigenvalue weighted by atomic mass is 79.9. The van der Waals surface area contributed by atoms with Crippen LogP contribution in [0.5, 0.6) is 0 Å². The highest BCUT2D eigenvalue weighted by Gasteiger charge is 2.05. The van der Waals surface area contributed by atoms with Gasteiger partial charge in [0.1, 0.15) is 11.5 Å². The molecule has 3 aromatic rings. The third-order valence-corrected chi connectivity index (χ3v) is 3.51. The van der Waals surface area contributed by atoms with Crippen LogP contribution in [0.4, 0.5) is 5.95 Å². The molecule has 0 aliphatic heterocycles. The summed E-state index contributed by atoms with van der Waals surface area (Å²) < 4.78 is 8.04. The molecule has 0 fully saturated rings. The van der Waals surface area contributed by atoms with Crippen LogP contribution in [0.3, 0.4) is 0 Å². The average molecular weight is 397 g/mol. The fourth-order valence-corrected chi connectivity index (χ4v) is 2.06. The summed E-state index contributed by atoms with van der Waals surface area (Å²) in [5.41, 5.74) is 3.70. The molecule has 2 aromatic heterocycles. The lowest BCUT2D eigenvalue weighted by Gasteiger charge is -1.98. The summed E-state index contributed by atoms with van der Waals surface area (Å²) >= 11 is 3.40. The smallest absolute Gasteiger partial charge is 0.263 e. The average Bonchev–Trinajstić information content (AvgIpc) is 3.10. The minimum Gasteiger partial charge on any atom is -1.00 e. The van der Waals surface area contributed by atoms with Gasteiger partial charge in [-0.2, -0.15) is 5.10 Å². The number of nitrogens with one attached hydrogen (secondary N) is 1. The lowest BCUT2D eigenvalue weighted by molar-refractivity contribution is -0.00000500. The van der Waals surface area contributed by atoms with E-state index in [1.807, 2.05) is 36.4 Å². The molecular weight excluding hydrogens is 384 g/mol. The van der Waals surface area contributed by atoms with E-state index in [-0.39, 0.29) is 12.4 Å². The van der Waals surface area contributed by atoms with E-state index in [0.717, 1.165) is 15.8 Å². The van der Waals surface area contributed by atoms with Crippen molar-refractivity contribution in [3.8, 4) is 11.3 Å². The lowest BCUT2D eigenvalue weighted by atomic mass is 10.2. The minimum atomic E-state index is 0. The largest absolute Gasteiger partial charge is 1.00 e. The monoisotopic (exact) mass is 395 g/mol. The van der Waals surface area contributed by atoms with Crippen LogP contribution in [0, 0.1) is 6.92 Å². The molecule has 0 saturated heterocycles. The number of aromatic nitrogens is 3. The molecule has 0 spiro atoms. The Balaban J connectivity index is 0.00000192. The first kappa shape index (κ1) is 17.0. The van der Waals surface area contributed by atoms with Gasteiger partial charge in [-0.3, -0.25) is 0 Å². The molecule has 3 N–H and O–H groups in total. The van der Waals surface area contributed by atoms with Crippen molar-refractivity contribution in [2.75, 3.05) is 11.3 Å². The van der Waals surface area contributed by atoms with Crippen LogP contribution < -0.4 is 23.7 Å². The van der Waals surface area contributed by atoms with Crippen LogP contribution in [-0.4, -0.2) is 21.1 Å². The first-order valence-electron chi connectivity index (χ1n) is 6.45. The summed E-state index contributed by atoms with van der Waals surface area (Å²) in [7, 11) is 0. The van der Waals surface area contributed by atoms with Crippen molar-refractivity contribution in [1.29, 1.82) is 0 Å². The van der Waals surface area contributed by atoms with Crippen molar-refractivity contribution in [1.82, 2.24) is 14.9 Å². The number of halogens is 2. The number of benzene rings is 1. The molecule has 0 saturated carbocycles. The zero-order valence-corrected chi connectivity index (χ0v) is 14.4. The highest BCUT2D eigenvalue weighted by molar-refractivity contribution is 9.10. The van der Waals surface area contributed by atoms with Crippen LogP contribution >= 0.6 is 15.9 Å². The maximum Gasteiger partial charge on any atom is 0.263 e. The topological polar surface area (TPSA) is 94.3 Å². The van der Waals surface area contributed by atoms with Gasteiger partial charge in [-0.15, -0.1) is 10.2 Å². The Bertz CT molecular complexity index is 811. The zero-order valence-electron chi connectivity index (χ0n) is 12.1. The normalized spacial score (nSPS) is 10.7. The van der Waals surface area contributed by atoms with Crippen molar-refractivity contribution < 1.29 is 16.8 Å². The van der Waals surface area contributed by atoms with Gasteiger partial charge < -0.3 is 22.7 Å². The van der Waals surface area contributed by atoms with E-state index in [4.69, 9.17) is 10.3 Å². The van der Waals surface area contributed by atoms with Gasteiger partial charge in [0.15, 0.2) is 5.82 Å². The van der Waals surface area contributed by atoms with Crippen LogP contribution in [-0.2, 0) is 0 Å². The molecule has 1 aromatic carbocycles. The summed E-state index contributed by atoms with van der Waals surface area (Å²) in [5.74, 6) is 8.03. The molecule has 9 heteroatoms. The molecule has 3 rings (SSSR count). The van der Waals surface area contributed by atoms with Crippen molar-refractivity contribution in [3.05, 3.63) is 52.5 Å². The van der Waals surface area contributed by atoms with E-state index < -0.39 is 0 Å². The van der Waals surface area contributed by atoms with E-state index in [1.165, 1.54) is 4.68 Å². The highest BCUT2D eigenvalue weighted by Crippen LogP contribution is 2.23. The molecule has 0 bridgehead atoms. The molecule has 0 atom stereocenters. The van der Waals surface area contributed by atoms with E-state index in [1.54, 1.807) is 13.1 Å². The minimum absolute atomic E-state index is 0. The number of aryl methyl sites for hydroxylation is 1. The van der Waals surface area contributed by atoms with Gasteiger partial charge in [-0.25, -0.2) is 10.1 Å². The van der Waals surface area contributed by atoms with Gasteiger partial charge in [-0.05, 0) is 31.2 Å². The van der Waals surface area contributed by atoms with Crippen molar-refractivity contribution in [2.24, 2.45) is 5.10 Å². The van der Waals surface area contributed by atoms with Gasteiger partial charge in [0, 0.05) is 10.0 Å². The number of rotatable bonds is 4. The number of anilines is 1. The molecule has 0 amide bonds. The van der Waals surface area contributed by atoms with Crippen LogP contribution in [0.25, 0.3) is 11.3 Å². The Kier molecular flexibility index (Phi) is 5.41. The molecule has 120 valence electrons. The third-order valence-electron chi connectivity index (χ3n) is 2.98. The number of hydrogen-bond acceptors (Lipinski definition) is 6. The van der Waals surface area contributed by atoms with E-state index >= 15 is 0 Å². The molecule has 0 aliphatic rings. The van der Waals surface area contributed by atoms with Crippen molar-refractivity contribution in [3.63, 3.8) is 0 Å². The van der Waals surface area contributed by atoms with E-state index in [2.05, 4.69) is 36.7 Å². The predicted octanol–water partition coefficient (Wildman–Crippen LogP) is -0.227. The number of nitrogens with zero attached hydrogens (tertiary/aromatic N) is 4. The van der Waals surface area contributed by atoms with E-state index in [0.29, 0.717) is 17.5 Å². The van der Waals surface area contributed by atoms with Crippen molar-refractivity contribution >= 4 is 28.1 Å². The molecule has 0 unspecified atom stereocenters. The van der Waals surface area contributed by atoms with Crippen LogP contribution in [0.2, 0.25) is 0 Å². The standard InChI is InChI=1S/C14H13BrN6O.ClH/c1-9-18-20-14(21(9)16)19-17-8-12-6-7-13(22-12)10-2-4-11(15)5-3-10;/h2-8H,16H2,1H3,(H,19,20);1H/p-1. The third kappa shape index (κ3) is 3.91.